The number of nitrogens with zero attached hydrogens (tertiary/aromatic N) is 3. The molecule has 0 amide bonds. The molecule has 0 saturated heterocycles. The highest BCUT2D eigenvalue weighted by molar-refractivity contribution is 7.92. The van der Waals surface area contributed by atoms with Crippen LogP contribution in [0.15, 0.2) is 47.6 Å². The molecule has 0 aliphatic carbocycles. The van der Waals surface area contributed by atoms with Crippen molar-refractivity contribution in [2.24, 2.45) is 0 Å². The predicted octanol–water partition coefficient (Wildman–Crippen LogP) is 3.33. The van der Waals surface area contributed by atoms with E-state index in [1.54, 1.807) is 6.07 Å². The van der Waals surface area contributed by atoms with Crippen LogP contribution in [0, 0.1) is 18.6 Å². The Morgan fingerprint density at radius 2 is 1.97 bits per heavy atom. The number of aromatic amines is 1. The van der Waals surface area contributed by atoms with Gasteiger partial charge in [0, 0.05) is 22.7 Å². The highest BCUT2D eigenvalue weighted by Gasteiger charge is 2.24. The molecule has 4 rings (SSSR count). The zero-order valence-electron chi connectivity index (χ0n) is 16.9. The summed E-state index contributed by atoms with van der Waals surface area (Å²) in [4.78, 5) is 7.19. The number of benzene rings is 1. The van der Waals surface area contributed by atoms with Gasteiger partial charge in [-0.1, -0.05) is 12.1 Å². The fraction of sp³-hybridized carbons (Fsp3) is 0.150. The lowest BCUT2D eigenvalue weighted by Crippen LogP contribution is -2.16. The van der Waals surface area contributed by atoms with E-state index in [4.69, 9.17) is 9.47 Å². The molecule has 12 heteroatoms. The van der Waals surface area contributed by atoms with E-state index in [1.807, 2.05) is 6.92 Å². The summed E-state index contributed by atoms with van der Waals surface area (Å²) >= 11 is 0. The van der Waals surface area contributed by atoms with E-state index in [0.29, 0.717) is 11.4 Å². The smallest absolute Gasteiger partial charge is 0.267 e. The Bertz CT molecular complexity index is 1410. The van der Waals surface area contributed by atoms with Gasteiger partial charge in [-0.25, -0.2) is 27.2 Å². The van der Waals surface area contributed by atoms with Gasteiger partial charge >= 0.3 is 0 Å². The molecule has 0 aliphatic heterocycles. The van der Waals surface area contributed by atoms with Gasteiger partial charge in [0.1, 0.15) is 18.2 Å². The van der Waals surface area contributed by atoms with Crippen molar-refractivity contribution in [3.05, 3.63) is 65.6 Å². The van der Waals surface area contributed by atoms with Crippen molar-refractivity contribution in [1.82, 2.24) is 20.2 Å². The van der Waals surface area contributed by atoms with Gasteiger partial charge in [-0.3, -0.25) is 9.82 Å². The van der Waals surface area contributed by atoms with E-state index >= 15 is 0 Å². The maximum atomic E-state index is 15.0. The zero-order valence-corrected chi connectivity index (χ0v) is 17.7. The number of H-pyrrole nitrogens is 1. The maximum Gasteiger partial charge on any atom is 0.267 e. The second-order valence-electron chi connectivity index (χ2n) is 6.72. The molecule has 4 aromatic rings. The van der Waals surface area contributed by atoms with Gasteiger partial charge in [0.15, 0.2) is 16.4 Å². The van der Waals surface area contributed by atoms with Crippen molar-refractivity contribution in [2.45, 2.75) is 18.4 Å². The van der Waals surface area contributed by atoms with Crippen LogP contribution in [0.3, 0.4) is 0 Å². The number of nitrogens with one attached hydrogen (secondary N) is 2. The number of rotatable bonds is 7. The van der Waals surface area contributed by atoms with Crippen LogP contribution in [0.4, 0.5) is 14.5 Å². The first kappa shape index (κ1) is 21.4. The standard InChI is InChI=1S/C20H17F2N5O4S/c1-11-15-7-14(9-23-19(15)26-25-11)31-10-12-4-3-5-16(18(12)22)27-32(28,29)17-6-13(21)8-24-20(17)30-2/h3-9,27H,10H2,1-2H3,(H,23,25,26). The first-order chi connectivity index (χ1) is 15.3. The zero-order chi connectivity index (χ0) is 22.9. The summed E-state index contributed by atoms with van der Waals surface area (Å²) in [7, 11) is -3.20. The number of hydrogen-bond acceptors (Lipinski definition) is 7. The molecule has 0 radical (unpaired) electrons. The Hall–Kier alpha value is -3.80. The normalized spacial score (nSPS) is 11.5. The van der Waals surface area contributed by atoms with Crippen LogP contribution in [0.2, 0.25) is 0 Å². The van der Waals surface area contributed by atoms with E-state index in [1.165, 1.54) is 31.5 Å². The molecular formula is C20H17F2N5O4S. The van der Waals surface area contributed by atoms with Gasteiger partial charge in [-0.2, -0.15) is 5.10 Å². The fourth-order valence-corrected chi connectivity index (χ4v) is 4.16. The lowest BCUT2D eigenvalue weighted by Gasteiger charge is -2.13. The molecule has 166 valence electrons. The first-order valence-corrected chi connectivity index (χ1v) is 10.7. The summed E-state index contributed by atoms with van der Waals surface area (Å²) in [6.07, 6.45) is 2.27. The molecule has 0 aliphatic rings. The lowest BCUT2D eigenvalue weighted by molar-refractivity contribution is 0.299. The van der Waals surface area contributed by atoms with Gasteiger partial charge in [0.05, 0.1) is 25.2 Å². The molecule has 9 nitrogen and oxygen atoms in total. The summed E-state index contributed by atoms with van der Waals surface area (Å²) in [5.41, 5.74) is 1.10. The van der Waals surface area contributed by atoms with Crippen LogP contribution in [0.25, 0.3) is 11.0 Å². The van der Waals surface area contributed by atoms with Crippen LogP contribution in [-0.4, -0.2) is 35.7 Å². The molecule has 0 spiro atoms. The first-order valence-electron chi connectivity index (χ1n) is 9.22. The average Bonchev–Trinajstić information content (AvgIpc) is 3.14. The third-order valence-electron chi connectivity index (χ3n) is 4.56. The third-order valence-corrected chi connectivity index (χ3v) is 5.92. The second-order valence-corrected chi connectivity index (χ2v) is 8.38. The molecule has 3 heterocycles. The molecule has 3 aromatic heterocycles. The van der Waals surface area contributed by atoms with E-state index in [9.17, 15) is 17.2 Å². The van der Waals surface area contributed by atoms with Crippen molar-refractivity contribution in [2.75, 3.05) is 11.8 Å². The van der Waals surface area contributed by atoms with Gasteiger partial charge in [0.25, 0.3) is 10.0 Å². The van der Waals surface area contributed by atoms with Gasteiger partial charge in [-0.15, -0.1) is 0 Å². The van der Waals surface area contributed by atoms with Crippen LogP contribution in [0.5, 0.6) is 11.6 Å². The lowest BCUT2D eigenvalue weighted by atomic mass is 10.2. The molecule has 0 saturated carbocycles. The Balaban J connectivity index is 1.57. The van der Waals surface area contributed by atoms with E-state index in [2.05, 4.69) is 24.9 Å². The number of anilines is 1. The third kappa shape index (κ3) is 4.17. The average molecular weight is 461 g/mol. The minimum absolute atomic E-state index is 0.0959. The Morgan fingerprint density at radius 3 is 2.75 bits per heavy atom. The van der Waals surface area contributed by atoms with Crippen LogP contribution >= 0.6 is 0 Å². The summed E-state index contributed by atoms with van der Waals surface area (Å²) < 4.78 is 66.5. The minimum Gasteiger partial charge on any atom is -0.487 e. The quantitative estimate of drug-likeness (QED) is 0.433. The minimum atomic E-state index is -4.39. The number of sulfonamides is 1. The Morgan fingerprint density at radius 1 is 1.16 bits per heavy atom. The highest BCUT2D eigenvalue weighted by Crippen LogP contribution is 2.27. The highest BCUT2D eigenvalue weighted by atomic mass is 32.2. The number of hydrogen-bond donors (Lipinski definition) is 2. The molecule has 0 unspecified atom stereocenters. The SMILES string of the molecule is COc1ncc(F)cc1S(=O)(=O)Nc1cccc(COc2cnc3n[nH]c(C)c3c2)c1F. The molecule has 0 atom stereocenters. The van der Waals surface area contributed by atoms with Crippen molar-refractivity contribution in [3.63, 3.8) is 0 Å². The maximum absolute atomic E-state index is 15.0. The van der Waals surface area contributed by atoms with Gasteiger partial charge in [-0.05, 0) is 19.1 Å². The van der Waals surface area contributed by atoms with Crippen LogP contribution < -0.4 is 14.2 Å². The predicted molar refractivity (Wildman–Crippen MR) is 111 cm³/mol. The molecule has 32 heavy (non-hydrogen) atoms. The van der Waals surface area contributed by atoms with Crippen LogP contribution in [0.1, 0.15) is 11.3 Å². The van der Waals surface area contributed by atoms with Crippen molar-refractivity contribution < 1.29 is 26.7 Å². The van der Waals surface area contributed by atoms with Gasteiger partial charge < -0.3 is 9.47 Å². The van der Waals surface area contributed by atoms with E-state index in [0.717, 1.165) is 23.3 Å². The Kier molecular flexibility index (Phi) is 5.61. The van der Waals surface area contributed by atoms with Crippen molar-refractivity contribution >= 4 is 26.7 Å². The van der Waals surface area contributed by atoms with Crippen LogP contribution in [-0.2, 0) is 16.6 Å². The van der Waals surface area contributed by atoms with Crippen molar-refractivity contribution in [1.29, 1.82) is 0 Å². The summed E-state index contributed by atoms with van der Waals surface area (Å²) in [5.74, 6) is -1.65. The number of pyridine rings is 2. The number of ether oxygens (including phenoxy) is 2. The molecular weight excluding hydrogens is 444 g/mol. The van der Waals surface area contributed by atoms with Crippen molar-refractivity contribution in [3.8, 4) is 11.6 Å². The molecule has 0 bridgehead atoms. The fourth-order valence-electron chi connectivity index (χ4n) is 2.96. The summed E-state index contributed by atoms with van der Waals surface area (Å²) in [5, 5.41) is 7.60. The van der Waals surface area contributed by atoms with E-state index < -0.39 is 26.6 Å². The summed E-state index contributed by atoms with van der Waals surface area (Å²) in [6.45, 7) is 1.65. The number of methoxy groups -OCH3 is 1. The monoisotopic (exact) mass is 461 g/mol. The molecule has 1 aromatic carbocycles. The second kappa shape index (κ2) is 8.38. The number of halogens is 2. The molecule has 0 fully saturated rings. The topological polar surface area (TPSA) is 119 Å². The largest absolute Gasteiger partial charge is 0.487 e. The Labute approximate surface area is 181 Å². The van der Waals surface area contributed by atoms with Gasteiger partial charge in [0.2, 0.25) is 5.88 Å². The number of fused-ring (bicyclic) bond motifs is 1. The number of aryl methyl sites for hydroxylation is 1. The molecule has 2 N–H and O–H groups in total. The summed E-state index contributed by atoms with van der Waals surface area (Å²) in [6, 6.07) is 6.60. The van der Waals surface area contributed by atoms with E-state index in [-0.39, 0.29) is 23.7 Å². The number of aromatic nitrogens is 4.